The van der Waals surface area contributed by atoms with E-state index in [1.165, 1.54) is 37.7 Å². The van der Waals surface area contributed by atoms with Crippen LogP contribution in [-0.4, -0.2) is 39.3 Å². The molecule has 0 aromatic carbocycles. The number of carboxylic acids is 1. The Morgan fingerprint density at radius 2 is 1.91 bits per heavy atom. The lowest BCUT2D eigenvalue weighted by molar-refractivity contribution is -0.163. The zero-order valence-electron chi connectivity index (χ0n) is 20.1. The van der Waals surface area contributed by atoms with E-state index in [1.807, 2.05) is 6.08 Å². The number of fused-ring (bicyclic) bond motifs is 5. The molecular weight excluding hydrogens is 404 g/mol. The van der Waals surface area contributed by atoms with E-state index in [4.69, 9.17) is 0 Å². The number of hydrogen-bond acceptors (Lipinski definition) is 4. The lowest BCUT2D eigenvalue weighted by Gasteiger charge is -2.58. The number of aliphatic carboxylic acids is 1. The Balaban J connectivity index is 1.43. The number of carbonyl (C=O) groups excluding carboxylic acids is 1. The molecule has 0 radical (unpaired) electrons. The number of carboxylic acid groups (broad SMARTS) is 1. The van der Waals surface area contributed by atoms with Crippen molar-refractivity contribution in [3.8, 4) is 0 Å². The van der Waals surface area contributed by atoms with Gasteiger partial charge >= 0.3 is 5.97 Å². The third-order valence-corrected chi connectivity index (χ3v) is 10.6. The minimum atomic E-state index is -2.01. The van der Waals surface area contributed by atoms with Crippen LogP contribution in [0, 0.1) is 40.4 Å². The highest BCUT2D eigenvalue weighted by atomic mass is 16.4. The predicted molar refractivity (Wildman–Crippen MR) is 123 cm³/mol. The molecule has 5 nitrogen and oxygen atoms in total. The summed E-state index contributed by atoms with van der Waals surface area (Å²) in [6, 6.07) is 0. The Labute approximate surface area is 192 Å². The third-order valence-electron chi connectivity index (χ3n) is 10.6. The maximum Gasteiger partial charge on any atom is 0.338 e. The second kappa shape index (κ2) is 8.54. The Kier molecular flexibility index (Phi) is 6.39. The van der Waals surface area contributed by atoms with Gasteiger partial charge in [-0.1, -0.05) is 32.8 Å². The van der Waals surface area contributed by atoms with Gasteiger partial charge in [0.15, 0.2) is 11.4 Å². The van der Waals surface area contributed by atoms with E-state index in [2.05, 4.69) is 20.8 Å². The van der Waals surface area contributed by atoms with Crippen molar-refractivity contribution in [1.29, 1.82) is 0 Å². The van der Waals surface area contributed by atoms with Crippen LogP contribution in [-0.2, 0) is 9.59 Å². The maximum atomic E-state index is 12.0. The van der Waals surface area contributed by atoms with Crippen LogP contribution in [0.5, 0.6) is 0 Å². The van der Waals surface area contributed by atoms with Crippen LogP contribution >= 0.6 is 0 Å². The molecule has 0 heterocycles. The molecule has 0 saturated heterocycles. The second-order valence-electron chi connectivity index (χ2n) is 12.1. The van der Waals surface area contributed by atoms with Crippen LogP contribution in [0.1, 0.15) is 91.4 Å². The molecule has 4 aliphatic carbocycles. The summed E-state index contributed by atoms with van der Waals surface area (Å²) in [4.78, 5) is 23.3. The molecule has 3 saturated carbocycles. The Morgan fingerprint density at radius 1 is 1.16 bits per heavy atom. The van der Waals surface area contributed by atoms with Crippen LogP contribution in [0.3, 0.4) is 0 Å². The van der Waals surface area contributed by atoms with Gasteiger partial charge in [0.05, 0.1) is 6.61 Å². The Morgan fingerprint density at radius 3 is 2.59 bits per heavy atom. The number of aliphatic hydroxyl groups is 2. The first-order chi connectivity index (χ1) is 15.0. The van der Waals surface area contributed by atoms with Crippen molar-refractivity contribution in [2.45, 2.75) is 97.0 Å². The fraction of sp³-hybridized carbons (Fsp3) is 0.852. The van der Waals surface area contributed by atoms with E-state index < -0.39 is 18.2 Å². The molecule has 0 aliphatic heterocycles. The van der Waals surface area contributed by atoms with Crippen LogP contribution in [0.15, 0.2) is 11.6 Å². The van der Waals surface area contributed by atoms with Crippen molar-refractivity contribution in [1.82, 2.24) is 0 Å². The van der Waals surface area contributed by atoms with Crippen molar-refractivity contribution in [2.24, 2.45) is 40.4 Å². The highest BCUT2D eigenvalue weighted by molar-refractivity contribution is 5.91. The first-order valence-corrected chi connectivity index (χ1v) is 12.9. The molecule has 4 aliphatic rings. The molecule has 32 heavy (non-hydrogen) atoms. The van der Waals surface area contributed by atoms with Gasteiger partial charge in [-0.15, -0.1) is 0 Å². The van der Waals surface area contributed by atoms with Crippen molar-refractivity contribution >= 4 is 11.8 Å². The van der Waals surface area contributed by atoms with E-state index in [-0.39, 0.29) is 11.8 Å². The smallest absolute Gasteiger partial charge is 0.338 e. The molecule has 8 atom stereocenters. The third kappa shape index (κ3) is 3.77. The minimum Gasteiger partial charge on any atom is -0.479 e. The average molecular weight is 447 g/mol. The molecule has 0 aromatic rings. The van der Waals surface area contributed by atoms with Crippen LogP contribution < -0.4 is 0 Å². The van der Waals surface area contributed by atoms with Crippen molar-refractivity contribution < 1.29 is 24.9 Å². The highest BCUT2D eigenvalue weighted by Gasteiger charge is 2.59. The van der Waals surface area contributed by atoms with E-state index >= 15 is 0 Å². The summed E-state index contributed by atoms with van der Waals surface area (Å²) < 4.78 is 0. The van der Waals surface area contributed by atoms with Gasteiger partial charge in [-0.2, -0.15) is 0 Å². The normalized spacial score (nSPS) is 41.7. The zero-order valence-corrected chi connectivity index (χ0v) is 20.1. The molecule has 0 amide bonds. The van der Waals surface area contributed by atoms with Gasteiger partial charge in [-0.25, -0.2) is 4.79 Å². The van der Waals surface area contributed by atoms with Gasteiger partial charge in [-0.3, -0.25) is 4.79 Å². The minimum absolute atomic E-state index is 0.104. The van der Waals surface area contributed by atoms with Gasteiger partial charge in [0.2, 0.25) is 0 Å². The topological polar surface area (TPSA) is 94.8 Å². The summed E-state index contributed by atoms with van der Waals surface area (Å²) in [7, 11) is 0. The molecular formula is C27H42O5. The van der Waals surface area contributed by atoms with Crippen LogP contribution in [0.2, 0.25) is 0 Å². The van der Waals surface area contributed by atoms with E-state index in [1.54, 1.807) is 0 Å². The Bertz CT molecular complexity index is 789. The van der Waals surface area contributed by atoms with Gasteiger partial charge in [0.25, 0.3) is 0 Å². The number of allylic oxidation sites excluding steroid dienone is 1. The molecule has 1 unspecified atom stereocenters. The zero-order chi connectivity index (χ0) is 23.3. The van der Waals surface area contributed by atoms with Crippen molar-refractivity contribution in [2.75, 3.05) is 6.61 Å². The number of ketones is 1. The maximum absolute atomic E-state index is 12.0. The largest absolute Gasteiger partial charge is 0.479 e. The lowest BCUT2D eigenvalue weighted by Crippen LogP contribution is -2.51. The molecule has 3 fully saturated rings. The summed E-state index contributed by atoms with van der Waals surface area (Å²) in [5.41, 5.74) is -0.0310. The number of aliphatic hydroxyl groups excluding tert-OH is 1. The summed E-state index contributed by atoms with van der Waals surface area (Å²) in [5.74, 6) is 2.33. The summed E-state index contributed by atoms with van der Waals surface area (Å²) in [5, 5.41) is 28.6. The number of rotatable bonds is 7. The molecule has 4 rings (SSSR count). The van der Waals surface area contributed by atoms with Gasteiger partial charge in [0.1, 0.15) is 0 Å². The van der Waals surface area contributed by atoms with Crippen LogP contribution in [0.25, 0.3) is 0 Å². The average Bonchev–Trinajstić information content (AvgIpc) is 3.11. The predicted octanol–water partition coefficient (Wildman–Crippen LogP) is 4.75. The fourth-order valence-corrected chi connectivity index (χ4v) is 8.71. The molecule has 180 valence electrons. The molecule has 5 heteroatoms. The number of carbonyl (C=O) groups is 2. The quantitative estimate of drug-likeness (QED) is 0.525. The molecule has 0 bridgehead atoms. The molecule has 0 spiro atoms. The van der Waals surface area contributed by atoms with E-state index in [0.717, 1.165) is 31.1 Å². The monoisotopic (exact) mass is 446 g/mol. The van der Waals surface area contributed by atoms with E-state index in [9.17, 15) is 24.9 Å². The lowest BCUT2D eigenvalue weighted by atomic mass is 9.46. The van der Waals surface area contributed by atoms with Crippen molar-refractivity contribution in [3.63, 3.8) is 0 Å². The van der Waals surface area contributed by atoms with E-state index in [0.29, 0.717) is 41.8 Å². The number of hydrogen-bond donors (Lipinski definition) is 3. The van der Waals surface area contributed by atoms with Crippen LogP contribution in [0.4, 0.5) is 0 Å². The SMILES string of the molecule is C[C@H](CCCC(O)(CO)C(=O)O)[C@H]1CC[C@H]2[C@@H]3CCC4=CC(=O)CC[C@]4(C)[C@H]3CC[C@]12C. The summed E-state index contributed by atoms with van der Waals surface area (Å²) >= 11 is 0. The molecule has 0 aromatic heterocycles. The highest BCUT2D eigenvalue weighted by Crippen LogP contribution is 2.67. The summed E-state index contributed by atoms with van der Waals surface area (Å²) in [6.07, 6.45) is 12.7. The molecule has 3 N–H and O–H groups in total. The van der Waals surface area contributed by atoms with Crippen molar-refractivity contribution in [3.05, 3.63) is 11.6 Å². The standard InChI is InChI=1S/C27H42O5/c1-17(5-4-12-27(32,16-28)24(30)31)21-8-9-22-20-7-6-18-15-19(29)10-13-25(18,2)23(20)11-14-26(21,22)3/h15,17,20-23,28,32H,4-14,16H2,1-3H3,(H,30,31)/t17-,20+,21-,22+,23+,25+,26-,27?/m1/s1. The first kappa shape index (κ1) is 23.9. The van der Waals surface area contributed by atoms with Gasteiger partial charge in [-0.05, 0) is 104 Å². The first-order valence-electron chi connectivity index (χ1n) is 12.9. The van der Waals surface area contributed by atoms with Gasteiger partial charge < -0.3 is 15.3 Å². The van der Waals surface area contributed by atoms with Gasteiger partial charge in [0, 0.05) is 6.42 Å². The second-order valence-corrected chi connectivity index (χ2v) is 12.1. The Hall–Kier alpha value is -1.20. The summed E-state index contributed by atoms with van der Waals surface area (Å²) in [6.45, 7) is 6.52. The fourth-order valence-electron chi connectivity index (χ4n) is 8.71.